The minimum absolute atomic E-state index is 0.0588. The van der Waals surface area contributed by atoms with Crippen LogP contribution in [0.3, 0.4) is 0 Å². The second-order valence-electron chi connectivity index (χ2n) is 6.62. The van der Waals surface area contributed by atoms with Gasteiger partial charge >= 0.3 is 5.97 Å². The number of carbonyl (C=O) groups is 3. The normalized spacial score (nSPS) is 11.6. The number of benzene rings is 2. The number of ether oxygens (including phenoxy) is 2. The van der Waals surface area contributed by atoms with Gasteiger partial charge in [-0.25, -0.2) is 4.79 Å². The first-order chi connectivity index (χ1) is 13.8. The van der Waals surface area contributed by atoms with Crippen molar-refractivity contribution < 1.29 is 34.1 Å². The maximum atomic E-state index is 12.2. The van der Waals surface area contributed by atoms with Crippen molar-refractivity contribution >= 4 is 17.7 Å². The van der Waals surface area contributed by atoms with Gasteiger partial charge in [-0.3, -0.25) is 9.59 Å². The minimum atomic E-state index is -1.13. The lowest BCUT2D eigenvalue weighted by molar-refractivity contribution is -0.143. The third-order valence-electron chi connectivity index (χ3n) is 4.00. The second-order valence-corrected chi connectivity index (χ2v) is 6.62. The van der Waals surface area contributed by atoms with Crippen molar-refractivity contribution in [3.63, 3.8) is 0 Å². The van der Waals surface area contributed by atoms with Crippen LogP contribution in [-0.4, -0.2) is 47.1 Å². The second kappa shape index (κ2) is 10.1. The highest BCUT2D eigenvalue weighted by molar-refractivity contribution is 5.99. The van der Waals surface area contributed by atoms with Gasteiger partial charge < -0.3 is 25.0 Å². The quantitative estimate of drug-likeness (QED) is 0.522. The van der Waals surface area contributed by atoms with Gasteiger partial charge in [0, 0.05) is 6.07 Å². The lowest BCUT2D eigenvalue weighted by Gasteiger charge is -2.18. The van der Waals surface area contributed by atoms with Crippen molar-refractivity contribution in [3.8, 4) is 17.2 Å². The summed E-state index contributed by atoms with van der Waals surface area (Å²) in [6.07, 6.45) is 0. The molecule has 0 aromatic heterocycles. The summed E-state index contributed by atoms with van der Waals surface area (Å²) in [5, 5.41) is 21.5. The topological polar surface area (TPSA) is 122 Å². The Morgan fingerprint density at radius 3 is 2.21 bits per heavy atom. The van der Waals surface area contributed by atoms with Gasteiger partial charge in [-0.05, 0) is 30.2 Å². The maximum absolute atomic E-state index is 12.2. The molecule has 154 valence electrons. The van der Waals surface area contributed by atoms with Gasteiger partial charge in [0.05, 0.1) is 5.56 Å². The number of amides is 1. The van der Waals surface area contributed by atoms with Gasteiger partial charge in [0.25, 0.3) is 5.91 Å². The molecular weight excluding hydrogens is 378 g/mol. The number of Topliss-reactive ketones (excluding diaryl/α,β-unsaturated/α-hetero) is 1. The van der Waals surface area contributed by atoms with E-state index < -0.39 is 30.3 Å². The zero-order valence-corrected chi connectivity index (χ0v) is 16.1. The molecule has 2 aromatic rings. The highest BCUT2D eigenvalue weighted by Crippen LogP contribution is 2.24. The fourth-order valence-electron chi connectivity index (χ4n) is 2.46. The monoisotopic (exact) mass is 401 g/mol. The van der Waals surface area contributed by atoms with Crippen molar-refractivity contribution in [1.29, 1.82) is 0 Å². The number of nitrogens with one attached hydrogen (secondary N) is 1. The van der Waals surface area contributed by atoms with E-state index in [0.717, 1.165) is 0 Å². The average molecular weight is 401 g/mol. The Bertz CT molecular complexity index is 865. The Morgan fingerprint density at radius 2 is 1.62 bits per heavy atom. The number of hydrogen-bond acceptors (Lipinski definition) is 6. The minimum Gasteiger partial charge on any atom is -0.507 e. The molecule has 2 aromatic carbocycles. The van der Waals surface area contributed by atoms with Gasteiger partial charge in [-0.1, -0.05) is 32.0 Å². The Balaban J connectivity index is 1.90. The Labute approximate surface area is 168 Å². The molecule has 0 heterocycles. The van der Waals surface area contributed by atoms with E-state index in [9.17, 15) is 19.5 Å². The molecule has 1 amide bonds. The molecule has 0 saturated heterocycles. The van der Waals surface area contributed by atoms with Gasteiger partial charge in [0.2, 0.25) is 5.78 Å². The van der Waals surface area contributed by atoms with Crippen LogP contribution in [0.25, 0.3) is 0 Å². The molecule has 3 N–H and O–H groups in total. The van der Waals surface area contributed by atoms with E-state index in [1.54, 1.807) is 38.1 Å². The van der Waals surface area contributed by atoms with Crippen LogP contribution >= 0.6 is 0 Å². The Morgan fingerprint density at radius 1 is 0.966 bits per heavy atom. The van der Waals surface area contributed by atoms with Crippen molar-refractivity contribution in [2.75, 3.05) is 13.2 Å². The van der Waals surface area contributed by atoms with Crippen molar-refractivity contribution in [2.45, 2.75) is 19.9 Å². The fourth-order valence-corrected chi connectivity index (χ4v) is 2.46. The molecule has 0 aliphatic carbocycles. The van der Waals surface area contributed by atoms with Crippen LogP contribution in [0.1, 0.15) is 24.2 Å². The number of para-hydroxylation sites is 1. The van der Waals surface area contributed by atoms with E-state index in [1.165, 1.54) is 18.2 Å². The number of rotatable bonds is 10. The van der Waals surface area contributed by atoms with Crippen LogP contribution in [-0.2, 0) is 9.59 Å². The predicted octanol–water partition coefficient (Wildman–Crippen LogP) is 2.26. The average Bonchev–Trinajstić information content (AvgIpc) is 2.69. The molecule has 0 spiro atoms. The number of hydrogen-bond donors (Lipinski definition) is 3. The molecule has 8 heteroatoms. The van der Waals surface area contributed by atoms with Crippen LogP contribution < -0.4 is 14.8 Å². The first kappa shape index (κ1) is 21.7. The third-order valence-corrected chi connectivity index (χ3v) is 4.00. The van der Waals surface area contributed by atoms with Crippen molar-refractivity contribution in [3.05, 3.63) is 54.1 Å². The van der Waals surface area contributed by atoms with E-state index >= 15 is 0 Å². The summed E-state index contributed by atoms with van der Waals surface area (Å²) < 4.78 is 10.6. The summed E-state index contributed by atoms with van der Waals surface area (Å²) >= 11 is 0. The highest BCUT2D eigenvalue weighted by atomic mass is 16.5. The number of carbonyl (C=O) groups excluding carboxylic acids is 2. The largest absolute Gasteiger partial charge is 0.507 e. The molecular formula is C21H23NO7. The summed E-state index contributed by atoms with van der Waals surface area (Å²) in [7, 11) is 0. The maximum Gasteiger partial charge on any atom is 0.326 e. The fraction of sp³-hybridized carbons (Fsp3) is 0.286. The summed E-state index contributed by atoms with van der Waals surface area (Å²) in [5.41, 5.74) is 0.0588. The number of phenolic OH excluding ortho intramolecular Hbond substituents is 1. The Kier molecular flexibility index (Phi) is 7.59. The van der Waals surface area contributed by atoms with Crippen molar-refractivity contribution in [1.82, 2.24) is 5.32 Å². The first-order valence-corrected chi connectivity index (χ1v) is 8.97. The molecule has 8 nitrogen and oxygen atoms in total. The Hall–Kier alpha value is -3.55. The van der Waals surface area contributed by atoms with E-state index in [0.29, 0.717) is 5.75 Å². The lowest BCUT2D eigenvalue weighted by atomic mass is 10.1. The molecule has 0 aliphatic heterocycles. The molecule has 2 rings (SSSR count). The zero-order valence-electron chi connectivity index (χ0n) is 16.1. The molecule has 0 aliphatic rings. The zero-order chi connectivity index (χ0) is 21.4. The lowest BCUT2D eigenvalue weighted by Crippen LogP contribution is -2.46. The first-order valence-electron chi connectivity index (χ1n) is 8.97. The molecule has 1 unspecified atom stereocenters. The van der Waals surface area contributed by atoms with Crippen LogP contribution in [0.15, 0.2) is 48.5 Å². The van der Waals surface area contributed by atoms with Crippen molar-refractivity contribution in [2.24, 2.45) is 5.92 Å². The third kappa shape index (κ3) is 6.53. The highest BCUT2D eigenvalue weighted by Gasteiger charge is 2.23. The van der Waals surface area contributed by atoms with E-state index in [-0.39, 0.29) is 29.6 Å². The molecule has 0 radical (unpaired) electrons. The summed E-state index contributed by atoms with van der Waals surface area (Å²) in [5.74, 6) is -2.06. The number of phenols is 1. The van der Waals surface area contributed by atoms with Gasteiger partial charge in [-0.15, -0.1) is 0 Å². The number of carboxylic acids is 1. The van der Waals surface area contributed by atoms with E-state index in [4.69, 9.17) is 14.6 Å². The molecule has 0 fully saturated rings. The van der Waals surface area contributed by atoms with Gasteiger partial charge in [0.1, 0.15) is 23.3 Å². The van der Waals surface area contributed by atoms with E-state index in [1.807, 2.05) is 6.07 Å². The van der Waals surface area contributed by atoms with Crippen LogP contribution in [0.2, 0.25) is 0 Å². The molecule has 1 atom stereocenters. The number of carboxylic acid groups (broad SMARTS) is 1. The predicted molar refractivity (Wildman–Crippen MR) is 104 cm³/mol. The van der Waals surface area contributed by atoms with E-state index in [2.05, 4.69) is 5.32 Å². The summed E-state index contributed by atoms with van der Waals surface area (Å²) in [6.45, 7) is 2.68. The standard InChI is InChI=1S/C21H23NO7/c1-13(2)20(21(26)27)22-19(25)12-29-15-8-9-16(17(23)10-15)18(24)11-28-14-6-4-3-5-7-14/h3-10,13,20,23H,11-12H2,1-2H3,(H,22,25)(H,26,27). The summed E-state index contributed by atoms with van der Waals surface area (Å²) in [6, 6.07) is 11.8. The molecule has 0 saturated carbocycles. The summed E-state index contributed by atoms with van der Waals surface area (Å²) in [4.78, 5) is 35.2. The van der Waals surface area contributed by atoms with Crippen LogP contribution in [0.4, 0.5) is 0 Å². The number of aromatic hydroxyl groups is 1. The molecule has 0 bridgehead atoms. The molecule has 29 heavy (non-hydrogen) atoms. The number of ketones is 1. The van der Waals surface area contributed by atoms with Gasteiger partial charge in [-0.2, -0.15) is 0 Å². The SMILES string of the molecule is CC(C)C(NC(=O)COc1ccc(C(=O)COc2ccccc2)c(O)c1)C(=O)O. The smallest absolute Gasteiger partial charge is 0.326 e. The van der Waals surface area contributed by atoms with Crippen LogP contribution in [0.5, 0.6) is 17.2 Å². The van der Waals surface area contributed by atoms with Gasteiger partial charge in [0.15, 0.2) is 13.2 Å². The van der Waals surface area contributed by atoms with Crippen LogP contribution in [0, 0.1) is 5.92 Å². The number of aliphatic carboxylic acids is 1.